The highest BCUT2D eigenvalue weighted by atomic mass is 16.5. The molecule has 5 nitrogen and oxygen atoms in total. The first kappa shape index (κ1) is 15.7. The Hall–Kier alpha value is -2.69. The second kappa shape index (κ2) is 6.85. The zero-order valence-corrected chi connectivity index (χ0v) is 12.5. The third-order valence-corrected chi connectivity index (χ3v) is 3.44. The fourth-order valence-electron chi connectivity index (χ4n) is 2.22. The summed E-state index contributed by atoms with van der Waals surface area (Å²) in [5.74, 6) is -0.0434. The molecule has 5 heteroatoms. The molecule has 0 saturated carbocycles. The molecule has 0 spiro atoms. The number of methoxy groups -OCH3 is 2. The molecule has 0 unspecified atom stereocenters. The first-order valence-corrected chi connectivity index (χ1v) is 6.82. The summed E-state index contributed by atoms with van der Waals surface area (Å²) in [4.78, 5) is 12.1. The highest BCUT2D eigenvalue weighted by Gasteiger charge is 2.19. The number of carbonyl (C=O) groups is 1. The van der Waals surface area contributed by atoms with E-state index < -0.39 is 0 Å². The van der Waals surface area contributed by atoms with E-state index in [0.29, 0.717) is 5.56 Å². The molecule has 0 atom stereocenters. The smallest absolute Gasteiger partial charge is 0.164 e. The average molecular weight is 302 g/mol. The molecular formula is C17H18O5. The topological polar surface area (TPSA) is 76.0 Å². The van der Waals surface area contributed by atoms with Crippen molar-refractivity contribution in [3.05, 3.63) is 47.5 Å². The normalized spacial score (nSPS) is 10.3. The number of phenols is 2. The van der Waals surface area contributed by atoms with Crippen molar-refractivity contribution >= 4 is 5.78 Å². The van der Waals surface area contributed by atoms with Gasteiger partial charge in [0.2, 0.25) is 0 Å². The monoisotopic (exact) mass is 302 g/mol. The molecular weight excluding hydrogens is 284 g/mol. The summed E-state index contributed by atoms with van der Waals surface area (Å²) < 4.78 is 10.1. The molecule has 0 fully saturated rings. The maximum absolute atomic E-state index is 12.1. The number of benzene rings is 2. The summed E-state index contributed by atoms with van der Waals surface area (Å²) in [6.07, 6.45) is 0.334. The van der Waals surface area contributed by atoms with Crippen molar-refractivity contribution in [1.29, 1.82) is 0 Å². The molecule has 2 aromatic rings. The van der Waals surface area contributed by atoms with E-state index in [2.05, 4.69) is 0 Å². The van der Waals surface area contributed by atoms with Gasteiger partial charge in [-0.2, -0.15) is 0 Å². The molecule has 0 aliphatic heterocycles. The van der Waals surface area contributed by atoms with Crippen LogP contribution in [0.2, 0.25) is 0 Å². The third kappa shape index (κ3) is 3.14. The van der Waals surface area contributed by atoms with Crippen molar-refractivity contribution < 1.29 is 24.5 Å². The molecule has 22 heavy (non-hydrogen) atoms. The SMILES string of the molecule is COc1cc(OC)c(O)c(CCC(=O)c2ccccc2)c1O. The van der Waals surface area contributed by atoms with Gasteiger partial charge in [-0.3, -0.25) is 4.79 Å². The van der Waals surface area contributed by atoms with Crippen LogP contribution in [0, 0.1) is 0 Å². The maximum Gasteiger partial charge on any atom is 0.164 e. The van der Waals surface area contributed by atoms with Crippen LogP contribution in [-0.4, -0.2) is 30.2 Å². The van der Waals surface area contributed by atoms with E-state index in [0.717, 1.165) is 0 Å². The van der Waals surface area contributed by atoms with Crippen LogP contribution in [0.25, 0.3) is 0 Å². The van der Waals surface area contributed by atoms with E-state index in [-0.39, 0.29) is 47.2 Å². The van der Waals surface area contributed by atoms with Gasteiger partial charge < -0.3 is 19.7 Å². The zero-order valence-electron chi connectivity index (χ0n) is 12.5. The minimum atomic E-state index is -0.179. The lowest BCUT2D eigenvalue weighted by Gasteiger charge is -2.14. The fraction of sp³-hybridized carbons (Fsp3) is 0.235. The summed E-state index contributed by atoms with van der Waals surface area (Å²) in [5, 5.41) is 20.2. The molecule has 0 aromatic heterocycles. The second-order valence-electron chi connectivity index (χ2n) is 4.75. The number of rotatable bonds is 6. The lowest BCUT2D eigenvalue weighted by atomic mass is 10.0. The number of ketones is 1. The summed E-state index contributed by atoms with van der Waals surface area (Å²) in [6, 6.07) is 10.3. The molecule has 0 heterocycles. The number of phenolic OH excluding ortho intramolecular Hbond substituents is 2. The molecule has 116 valence electrons. The molecule has 2 aromatic carbocycles. The highest BCUT2D eigenvalue weighted by molar-refractivity contribution is 5.96. The van der Waals surface area contributed by atoms with Gasteiger partial charge in [0, 0.05) is 23.6 Å². The Morgan fingerprint density at radius 2 is 1.55 bits per heavy atom. The van der Waals surface area contributed by atoms with Gasteiger partial charge in [0.1, 0.15) is 0 Å². The molecule has 0 aliphatic rings. The molecule has 0 amide bonds. The Bertz CT molecular complexity index is 636. The molecule has 2 N–H and O–H groups in total. The number of hydrogen-bond donors (Lipinski definition) is 2. The third-order valence-electron chi connectivity index (χ3n) is 3.44. The van der Waals surface area contributed by atoms with E-state index in [1.807, 2.05) is 6.07 Å². The number of hydrogen-bond acceptors (Lipinski definition) is 5. The van der Waals surface area contributed by atoms with Crippen molar-refractivity contribution in [1.82, 2.24) is 0 Å². The highest BCUT2D eigenvalue weighted by Crippen LogP contribution is 2.43. The average Bonchev–Trinajstić information content (AvgIpc) is 2.55. The van der Waals surface area contributed by atoms with Gasteiger partial charge >= 0.3 is 0 Å². The lowest BCUT2D eigenvalue weighted by molar-refractivity contribution is 0.0982. The van der Waals surface area contributed by atoms with Gasteiger partial charge in [0.25, 0.3) is 0 Å². The van der Waals surface area contributed by atoms with Crippen LogP contribution in [0.5, 0.6) is 23.0 Å². The van der Waals surface area contributed by atoms with Crippen LogP contribution in [-0.2, 0) is 6.42 Å². The van der Waals surface area contributed by atoms with Crippen LogP contribution in [0.4, 0.5) is 0 Å². The Labute approximate surface area is 128 Å². The van der Waals surface area contributed by atoms with E-state index >= 15 is 0 Å². The summed E-state index contributed by atoms with van der Waals surface area (Å²) in [5.41, 5.74) is 0.830. The second-order valence-corrected chi connectivity index (χ2v) is 4.75. The van der Waals surface area contributed by atoms with Gasteiger partial charge in [0.05, 0.1) is 14.2 Å². The number of carbonyl (C=O) groups excluding carboxylic acids is 1. The number of Topliss-reactive ketones (excluding diaryl/α,β-unsaturated/α-hetero) is 1. The van der Waals surface area contributed by atoms with E-state index in [4.69, 9.17) is 9.47 Å². The maximum atomic E-state index is 12.1. The van der Waals surface area contributed by atoms with E-state index in [9.17, 15) is 15.0 Å². The van der Waals surface area contributed by atoms with Gasteiger partial charge in [-0.1, -0.05) is 30.3 Å². The Morgan fingerprint density at radius 3 is 2.05 bits per heavy atom. The Morgan fingerprint density at radius 1 is 1.00 bits per heavy atom. The van der Waals surface area contributed by atoms with Crippen LogP contribution < -0.4 is 9.47 Å². The van der Waals surface area contributed by atoms with Crippen LogP contribution in [0.15, 0.2) is 36.4 Å². The molecule has 0 saturated heterocycles. The minimum Gasteiger partial charge on any atom is -0.504 e. The molecule has 0 radical (unpaired) electrons. The van der Waals surface area contributed by atoms with E-state index in [1.165, 1.54) is 20.3 Å². The summed E-state index contributed by atoms with van der Waals surface area (Å²) in [6.45, 7) is 0. The first-order chi connectivity index (χ1) is 10.6. The van der Waals surface area contributed by atoms with E-state index in [1.54, 1.807) is 24.3 Å². The summed E-state index contributed by atoms with van der Waals surface area (Å²) in [7, 11) is 2.81. The molecule has 0 aliphatic carbocycles. The predicted molar refractivity (Wildman–Crippen MR) is 82.0 cm³/mol. The van der Waals surface area contributed by atoms with Gasteiger partial charge in [-0.15, -0.1) is 0 Å². The Kier molecular flexibility index (Phi) is 4.88. The quantitative estimate of drug-likeness (QED) is 0.802. The zero-order chi connectivity index (χ0) is 16.1. The molecule has 2 rings (SSSR count). The van der Waals surface area contributed by atoms with Crippen molar-refractivity contribution in [2.24, 2.45) is 0 Å². The lowest BCUT2D eigenvalue weighted by Crippen LogP contribution is -2.02. The Balaban J connectivity index is 2.24. The predicted octanol–water partition coefficient (Wildman–Crippen LogP) is 2.93. The van der Waals surface area contributed by atoms with Crippen LogP contribution >= 0.6 is 0 Å². The van der Waals surface area contributed by atoms with Gasteiger partial charge in [0.15, 0.2) is 28.8 Å². The van der Waals surface area contributed by atoms with Gasteiger partial charge in [-0.25, -0.2) is 0 Å². The van der Waals surface area contributed by atoms with Crippen molar-refractivity contribution in [2.75, 3.05) is 14.2 Å². The van der Waals surface area contributed by atoms with Crippen LogP contribution in [0.1, 0.15) is 22.3 Å². The van der Waals surface area contributed by atoms with Crippen LogP contribution in [0.3, 0.4) is 0 Å². The van der Waals surface area contributed by atoms with Crippen molar-refractivity contribution in [3.63, 3.8) is 0 Å². The van der Waals surface area contributed by atoms with Crippen molar-refractivity contribution in [2.45, 2.75) is 12.8 Å². The largest absolute Gasteiger partial charge is 0.504 e. The van der Waals surface area contributed by atoms with Gasteiger partial charge in [-0.05, 0) is 6.42 Å². The standard InChI is InChI=1S/C17H18O5/c1-21-14-10-15(22-2)17(20)12(16(14)19)8-9-13(18)11-6-4-3-5-7-11/h3-7,10,19-20H,8-9H2,1-2H3. The first-order valence-electron chi connectivity index (χ1n) is 6.82. The number of aromatic hydroxyl groups is 2. The fourth-order valence-corrected chi connectivity index (χ4v) is 2.22. The summed E-state index contributed by atoms with van der Waals surface area (Å²) >= 11 is 0. The number of ether oxygens (including phenoxy) is 2. The minimum absolute atomic E-state index is 0.0683. The molecule has 0 bridgehead atoms. The van der Waals surface area contributed by atoms with Crippen molar-refractivity contribution in [3.8, 4) is 23.0 Å².